The second-order valence-corrected chi connectivity index (χ2v) is 6.86. The highest BCUT2D eigenvalue weighted by Gasteiger charge is 2.15. The van der Waals surface area contributed by atoms with Crippen molar-refractivity contribution in [1.82, 2.24) is 0 Å². The molecular formula is C20H27NO. The fraction of sp³-hybridized carbons (Fsp3) is 0.400. The fourth-order valence-corrected chi connectivity index (χ4v) is 2.66. The number of rotatable bonds is 5. The average Bonchev–Trinajstić information content (AvgIpc) is 2.52. The normalized spacial score (nSPS) is 13.0. The van der Waals surface area contributed by atoms with Crippen LogP contribution >= 0.6 is 0 Å². The van der Waals surface area contributed by atoms with Gasteiger partial charge in [-0.1, -0.05) is 57.2 Å². The van der Waals surface area contributed by atoms with Crippen molar-refractivity contribution in [2.24, 2.45) is 5.73 Å². The highest BCUT2D eigenvalue weighted by atomic mass is 16.5. The zero-order valence-corrected chi connectivity index (χ0v) is 14.1. The van der Waals surface area contributed by atoms with E-state index in [-0.39, 0.29) is 5.41 Å². The van der Waals surface area contributed by atoms with Gasteiger partial charge in [0.05, 0.1) is 7.11 Å². The topological polar surface area (TPSA) is 35.2 Å². The van der Waals surface area contributed by atoms with Gasteiger partial charge in [0.2, 0.25) is 0 Å². The molecule has 1 atom stereocenters. The van der Waals surface area contributed by atoms with E-state index in [1.54, 1.807) is 7.11 Å². The highest BCUT2D eigenvalue weighted by molar-refractivity contribution is 5.33. The quantitative estimate of drug-likeness (QED) is 0.894. The van der Waals surface area contributed by atoms with Crippen LogP contribution in [0.2, 0.25) is 0 Å². The Kier molecular flexibility index (Phi) is 5.25. The van der Waals surface area contributed by atoms with Gasteiger partial charge in [0.1, 0.15) is 5.75 Å². The Morgan fingerprint density at radius 2 is 1.73 bits per heavy atom. The number of ether oxygens (including phenoxy) is 1. The summed E-state index contributed by atoms with van der Waals surface area (Å²) in [6.07, 6.45) is 0.952. The highest BCUT2D eigenvalue weighted by Crippen LogP contribution is 2.26. The zero-order valence-electron chi connectivity index (χ0n) is 14.1. The number of hydrogen-bond acceptors (Lipinski definition) is 2. The maximum atomic E-state index is 6.00. The van der Waals surface area contributed by atoms with Crippen LogP contribution in [0.25, 0.3) is 0 Å². The minimum Gasteiger partial charge on any atom is -0.497 e. The van der Waals surface area contributed by atoms with Gasteiger partial charge in [0, 0.05) is 5.92 Å². The van der Waals surface area contributed by atoms with E-state index in [1.165, 1.54) is 16.7 Å². The molecule has 2 aromatic rings. The van der Waals surface area contributed by atoms with Crippen LogP contribution in [0, 0.1) is 0 Å². The minimum atomic E-state index is 0.193. The van der Waals surface area contributed by atoms with Gasteiger partial charge in [-0.15, -0.1) is 0 Å². The average molecular weight is 297 g/mol. The number of hydrogen-bond donors (Lipinski definition) is 1. The summed E-state index contributed by atoms with van der Waals surface area (Å²) in [6, 6.07) is 17.1. The maximum absolute atomic E-state index is 6.00. The van der Waals surface area contributed by atoms with Crippen molar-refractivity contribution >= 4 is 0 Å². The van der Waals surface area contributed by atoms with E-state index in [4.69, 9.17) is 10.5 Å². The smallest absolute Gasteiger partial charge is 0.119 e. The lowest BCUT2D eigenvalue weighted by Crippen LogP contribution is -2.15. The first-order valence-electron chi connectivity index (χ1n) is 7.87. The van der Waals surface area contributed by atoms with Gasteiger partial charge in [-0.2, -0.15) is 0 Å². The molecule has 0 aromatic heterocycles. The van der Waals surface area contributed by atoms with Gasteiger partial charge >= 0.3 is 0 Å². The lowest BCUT2D eigenvalue weighted by atomic mass is 9.85. The van der Waals surface area contributed by atoms with Gasteiger partial charge in [0.25, 0.3) is 0 Å². The van der Waals surface area contributed by atoms with E-state index in [9.17, 15) is 0 Å². The second-order valence-electron chi connectivity index (χ2n) is 6.86. The van der Waals surface area contributed by atoms with Crippen LogP contribution in [0.15, 0.2) is 48.5 Å². The Bertz CT molecular complexity index is 596. The van der Waals surface area contributed by atoms with Crippen LogP contribution in [-0.2, 0) is 11.8 Å². The Labute approximate surface area is 134 Å². The van der Waals surface area contributed by atoms with Crippen LogP contribution in [0.3, 0.4) is 0 Å². The number of nitrogens with two attached hydrogens (primary N) is 1. The predicted octanol–water partition coefficient (Wildman–Crippen LogP) is 4.28. The molecule has 2 N–H and O–H groups in total. The van der Waals surface area contributed by atoms with E-state index in [0.29, 0.717) is 12.5 Å². The molecular weight excluding hydrogens is 270 g/mol. The molecule has 2 heteroatoms. The zero-order chi connectivity index (χ0) is 16.2. The third kappa shape index (κ3) is 4.11. The lowest BCUT2D eigenvalue weighted by molar-refractivity contribution is 0.413. The molecule has 22 heavy (non-hydrogen) atoms. The standard InChI is InChI=1S/C20H27NO/c1-20(2,3)18-10-8-15(9-11-18)12-17(14-21)16-6-5-7-19(13-16)22-4/h5-11,13,17H,12,14,21H2,1-4H3. The van der Waals surface area contributed by atoms with Crippen molar-refractivity contribution in [1.29, 1.82) is 0 Å². The molecule has 2 aromatic carbocycles. The molecule has 0 bridgehead atoms. The summed E-state index contributed by atoms with van der Waals surface area (Å²) in [6.45, 7) is 7.34. The van der Waals surface area contributed by atoms with Crippen molar-refractivity contribution in [3.63, 3.8) is 0 Å². The minimum absolute atomic E-state index is 0.193. The number of benzene rings is 2. The SMILES string of the molecule is COc1cccc(C(CN)Cc2ccc(C(C)(C)C)cc2)c1. The molecule has 0 aliphatic heterocycles. The molecule has 0 saturated carbocycles. The van der Waals surface area contributed by atoms with Crippen LogP contribution in [0.1, 0.15) is 43.4 Å². The molecule has 118 valence electrons. The van der Waals surface area contributed by atoms with Gasteiger partial charge in [-0.05, 0) is 47.2 Å². The third-order valence-electron chi connectivity index (χ3n) is 4.15. The summed E-state index contributed by atoms with van der Waals surface area (Å²) in [5, 5.41) is 0. The first-order valence-corrected chi connectivity index (χ1v) is 7.87. The molecule has 0 saturated heterocycles. The second kappa shape index (κ2) is 6.97. The molecule has 0 aliphatic rings. The van der Waals surface area contributed by atoms with Crippen molar-refractivity contribution in [3.05, 3.63) is 65.2 Å². The molecule has 0 fully saturated rings. The molecule has 1 unspecified atom stereocenters. The summed E-state index contributed by atoms with van der Waals surface area (Å²) in [5.41, 5.74) is 10.1. The van der Waals surface area contributed by atoms with Gasteiger partial charge in [-0.3, -0.25) is 0 Å². The predicted molar refractivity (Wildman–Crippen MR) is 93.6 cm³/mol. The molecule has 0 radical (unpaired) electrons. The maximum Gasteiger partial charge on any atom is 0.119 e. The fourth-order valence-electron chi connectivity index (χ4n) is 2.66. The third-order valence-corrected chi connectivity index (χ3v) is 4.15. The van der Waals surface area contributed by atoms with Crippen molar-refractivity contribution < 1.29 is 4.74 Å². The molecule has 0 spiro atoms. The van der Waals surface area contributed by atoms with Gasteiger partial charge in [0.15, 0.2) is 0 Å². The van der Waals surface area contributed by atoms with E-state index in [1.807, 2.05) is 12.1 Å². The first-order chi connectivity index (χ1) is 10.4. The Hall–Kier alpha value is -1.80. The van der Waals surface area contributed by atoms with Crippen molar-refractivity contribution in [3.8, 4) is 5.75 Å². The molecule has 2 rings (SSSR count). The van der Waals surface area contributed by atoms with E-state index in [2.05, 4.69) is 57.2 Å². The largest absolute Gasteiger partial charge is 0.497 e. The van der Waals surface area contributed by atoms with Crippen LogP contribution < -0.4 is 10.5 Å². The molecule has 0 aliphatic carbocycles. The molecule has 0 heterocycles. The number of methoxy groups -OCH3 is 1. The van der Waals surface area contributed by atoms with Crippen LogP contribution in [0.5, 0.6) is 5.75 Å². The van der Waals surface area contributed by atoms with E-state index >= 15 is 0 Å². The Morgan fingerprint density at radius 3 is 2.27 bits per heavy atom. The van der Waals surface area contributed by atoms with E-state index < -0.39 is 0 Å². The summed E-state index contributed by atoms with van der Waals surface area (Å²) < 4.78 is 5.31. The first kappa shape index (κ1) is 16.6. The summed E-state index contributed by atoms with van der Waals surface area (Å²) in [7, 11) is 1.70. The van der Waals surface area contributed by atoms with Crippen LogP contribution in [0.4, 0.5) is 0 Å². The van der Waals surface area contributed by atoms with E-state index in [0.717, 1.165) is 12.2 Å². The molecule has 0 amide bonds. The van der Waals surface area contributed by atoms with Gasteiger partial charge in [-0.25, -0.2) is 0 Å². The monoisotopic (exact) mass is 297 g/mol. The lowest BCUT2D eigenvalue weighted by Gasteiger charge is -2.20. The van der Waals surface area contributed by atoms with Crippen molar-refractivity contribution in [2.75, 3.05) is 13.7 Å². The summed E-state index contributed by atoms with van der Waals surface area (Å²) >= 11 is 0. The summed E-state index contributed by atoms with van der Waals surface area (Å²) in [4.78, 5) is 0. The Morgan fingerprint density at radius 1 is 1.05 bits per heavy atom. The molecule has 2 nitrogen and oxygen atoms in total. The summed E-state index contributed by atoms with van der Waals surface area (Å²) in [5.74, 6) is 1.20. The van der Waals surface area contributed by atoms with Crippen molar-refractivity contribution in [2.45, 2.75) is 38.5 Å². The van der Waals surface area contributed by atoms with Gasteiger partial charge < -0.3 is 10.5 Å². The Balaban J connectivity index is 2.16. The van der Waals surface area contributed by atoms with Crippen LogP contribution in [-0.4, -0.2) is 13.7 Å².